The molecule has 0 bridgehead atoms. The van der Waals surface area contributed by atoms with E-state index < -0.39 is 0 Å². The predicted octanol–water partition coefficient (Wildman–Crippen LogP) is 4.24. The summed E-state index contributed by atoms with van der Waals surface area (Å²) in [7, 11) is 0. The molecule has 2 heterocycles. The molecule has 0 spiro atoms. The third-order valence-electron chi connectivity index (χ3n) is 3.59. The van der Waals surface area contributed by atoms with Crippen LogP contribution in [-0.2, 0) is 6.54 Å². The average molecular weight is 297 g/mol. The lowest BCUT2D eigenvalue weighted by molar-refractivity contribution is 0.171. The summed E-state index contributed by atoms with van der Waals surface area (Å²) in [4.78, 5) is 1.31. The highest BCUT2D eigenvalue weighted by atomic mass is 32.1. The molecule has 4 rings (SSSR count). The van der Waals surface area contributed by atoms with Gasteiger partial charge in [0.15, 0.2) is 11.5 Å². The molecule has 0 saturated heterocycles. The van der Waals surface area contributed by atoms with Crippen LogP contribution in [0.15, 0.2) is 47.8 Å². The highest BCUT2D eigenvalue weighted by Crippen LogP contribution is 2.35. The van der Waals surface area contributed by atoms with E-state index in [1.165, 1.54) is 21.7 Å². The van der Waals surface area contributed by atoms with E-state index in [-0.39, 0.29) is 0 Å². The summed E-state index contributed by atoms with van der Waals surface area (Å²) in [5.74, 6) is 1.68. The first-order valence-corrected chi connectivity index (χ1v) is 7.87. The fraction of sp³-hybridized carbons (Fsp3) is 0.176. The first-order valence-electron chi connectivity index (χ1n) is 6.99. The number of rotatable bonds is 3. The van der Waals surface area contributed by atoms with E-state index in [1.54, 1.807) is 11.3 Å². The second kappa shape index (κ2) is 5.30. The van der Waals surface area contributed by atoms with Gasteiger partial charge in [-0.2, -0.15) is 0 Å². The average Bonchev–Trinajstić information content (AvgIpc) is 3.02. The first-order chi connectivity index (χ1) is 10.4. The van der Waals surface area contributed by atoms with Crippen LogP contribution in [0.3, 0.4) is 0 Å². The molecule has 2 aliphatic heterocycles. The molecular formula is C17H15NO2S. The summed E-state index contributed by atoms with van der Waals surface area (Å²) in [6, 6.07) is 14.6. The second-order valence-electron chi connectivity index (χ2n) is 4.97. The maximum atomic E-state index is 5.62. The monoisotopic (exact) mass is 297 g/mol. The van der Waals surface area contributed by atoms with Gasteiger partial charge in [-0.15, -0.1) is 11.3 Å². The van der Waals surface area contributed by atoms with Crippen LogP contribution in [-0.4, -0.2) is 13.2 Å². The normalized spacial score (nSPS) is 13.3. The number of hydrogen-bond donors (Lipinski definition) is 1. The first kappa shape index (κ1) is 12.5. The van der Waals surface area contributed by atoms with E-state index in [9.17, 15) is 0 Å². The minimum atomic E-state index is 0.623. The predicted molar refractivity (Wildman–Crippen MR) is 85.7 cm³/mol. The Morgan fingerprint density at radius 1 is 1.00 bits per heavy atom. The fourth-order valence-electron chi connectivity index (χ4n) is 2.54. The number of hydrogen-bond acceptors (Lipinski definition) is 4. The third kappa shape index (κ3) is 2.43. The lowest BCUT2D eigenvalue weighted by Crippen LogP contribution is -2.15. The standard InChI is InChI=1S/C17H15NO2S/c1-2-13-14(6-9-21-17(13)3-1)18-11-12-4-5-15-16(10-12)20-8-7-19-15/h1-6,9-10,18H,7-8,11H2. The SMILES string of the molecule is c1cc2sccc(NCc3ccc4c(c3)OCCO4)c-2c1. The van der Waals surface area contributed by atoms with Gasteiger partial charge in [0, 0.05) is 22.7 Å². The summed E-state index contributed by atoms with van der Waals surface area (Å²) < 4.78 is 11.2. The van der Waals surface area contributed by atoms with Crippen molar-refractivity contribution in [1.82, 2.24) is 0 Å². The summed E-state index contributed by atoms with van der Waals surface area (Å²) >= 11 is 1.76. The number of ether oxygens (including phenoxy) is 2. The van der Waals surface area contributed by atoms with Gasteiger partial charge in [0.05, 0.1) is 0 Å². The van der Waals surface area contributed by atoms with Crippen LogP contribution in [0.2, 0.25) is 0 Å². The number of benzene rings is 1. The molecule has 3 nitrogen and oxygen atoms in total. The summed E-state index contributed by atoms with van der Waals surface area (Å²) in [6.07, 6.45) is 0. The van der Waals surface area contributed by atoms with Crippen LogP contribution < -0.4 is 14.8 Å². The van der Waals surface area contributed by atoms with Crippen molar-refractivity contribution in [3.05, 3.63) is 53.4 Å². The van der Waals surface area contributed by atoms with E-state index >= 15 is 0 Å². The molecule has 106 valence electrons. The molecule has 0 saturated carbocycles. The van der Waals surface area contributed by atoms with Gasteiger partial charge < -0.3 is 14.8 Å². The second-order valence-corrected chi connectivity index (χ2v) is 5.92. The Bertz CT molecular complexity index is 737. The van der Waals surface area contributed by atoms with Crippen molar-refractivity contribution in [3.8, 4) is 21.9 Å². The zero-order valence-electron chi connectivity index (χ0n) is 11.5. The van der Waals surface area contributed by atoms with Crippen LogP contribution in [0.25, 0.3) is 10.4 Å². The van der Waals surface area contributed by atoms with Crippen LogP contribution in [0, 0.1) is 0 Å². The van der Waals surface area contributed by atoms with Crippen molar-refractivity contribution < 1.29 is 9.47 Å². The van der Waals surface area contributed by atoms with Gasteiger partial charge in [-0.3, -0.25) is 0 Å². The minimum Gasteiger partial charge on any atom is -0.486 e. The molecule has 3 aliphatic rings. The molecular weight excluding hydrogens is 282 g/mol. The Labute approximate surface area is 127 Å². The fourth-order valence-corrected chi connectivity index (χ4v) is 3.36. The number of nitrogens with one attached hydrogen (secondary N) is 1. The van der Waals surface area contributed by atoms with E-state index in [0.717, 1.165) is 18.0 Å². The van der Waals surface area contributed by atoms with E-state index in [1.807, 2.05) is 6.07 Å². The summed E-state index contributed by atoms with van der Waals surface area (Å²) in [5, 5.41) is 5.63. The van der Waals surface area contributed by atoms with E-state index in [4.69, 9.17) is 9.47 Å². The maximum absolute atomic E-state index is 5.62. The van der Waals surface area contributed by atoms with Crippen molar-refractivity contribution in [2.45, 2.75) is 6.54 Å². The molecule has 0 atom stereocenters. The molecule has 0 unspecified atom stereocenters. The largest absolute Gasteiger partial charge is 0.486 e. The summed E-state index contributed by atoms with van der Waals surface area (Å²) in [6.45, 7) is 2.02. The molecule has 21 heavy (non-hydrogen) atoms. The van der Waals surface area contributed by atoms with Gasteiger partial charge in [-0.05, 0) is 35.2 Å². The quantitative estimate of drug-likeness (QED) is 0.784. The topological polar surface area (TPSA) is 30.5 Å². The Morgan fingerprint density at radius 2 is 1.90 bits per heavy atom. The number of fused-ring (bicyclic) bond motifs is 2. The van der Waals surface area contributed by atoms with Crippen LogP contribution in [0.1, 0.15) is 5.56 Å². The molecule has 0 amide bonds. The number of anilines is 1. The zero-order chi connectivity index (χ0) is 14.1. The van der Waals surface area contributed by atoms with Crippen LogP contribution in [0.4, 0.5) is 5.69 Å². The lowest BCUT2D eigenvalue weighted by atomic mass is 10.1. The van der Waals surface area contributed by atoms with Gasteiger partial charge in [-0.1, -0.05) is 18.2 Å². The van der Waals surface area contributed by atoms with Crippen LogP contribution in [0.5, 0.6) is 11.5 Å². The van der Waals surface area contributed by atoms with Crippen molar-refractivity contribution in [2.75, 3.05) is 18.5 Å². The molecule has 1 aromatic rings. The molecule has 1 N–H and O–H groups in total. The molecule has 4 heteroatoms. The molecule has 1 aliphatic carbocycles. The Morgan fingerprint density at radius 3 is 2.86 bits per heavy atom. The Kier molecular flexibility index (Phi) is 3.16. The lowest BCUT2D eigenvalue weighted by Gasteiger charge is -2.19. The van der Waals surface area contributed by atoms with Crippen LogP contribution >= 0.6 is 11.3 Å². The van der Waals surface area contributed by atoms with Gasteiger partial charge in [-0.25, -0.2) is 0 Å². The van der Waals surface area contributed by atoms with Crippen molar-refractivity contribution >= 4 is 17.0 Å². The highest BCUT2D eigenvalue weighted by Gasteiger charge is 2.12. The third-order valence-corrected chi connectivity index (χ3v) is 4.47. The Hall–Kier alpha value is -2.20. The maximum Gasteiger partial charge on any atom is 0.161 e. The van der Waals surface area contributed by atoms with Crippen molar-refractivity contribution in [1.29, 1.82) is 0 Å². The van der Waals surface area contributed by atoms with E-state index in [2.05, 4.69) is 47.1 Å². The van der Waals surface area contributed by atoms with Gasteiger partial charge in [0.1, 0.15) is 13.2 Å². The van der Waals surface area contributed by atoms with Gasteiger partial charge in [0.2, 0.25) is 0 Å². The van der Waals surface area contributed by atoms with Gasteiger partial charge >= 0.3 is 0 Å². The van der Waals surface area contributed by atoms with Crippen molar-refractivity contribution in [2.24, 2.45) is 0 Å². The minimum absolute atomic E-state index is 0.623. The Balaban J connectivity index is 1.53. The molecule has 1 aromatic carbocycles. The molecule has 0 radical (unpaired) electrons. The molecule has 0 aromatic heterocycles. The van der Waals surface area contributed by atoms with Crippen molar-refractivity contribution in [3.63, 3.8) is 0 Å². The van der Waals surface area contributed by atoms with Gasteiger partial charge in [0.25, 0.3) is 0 Å². The zero-order valence-corrected chi connectivity index (χ0v) is 12.3. The summed E-state index contributed by atoms with van der Waals surface area (Å²) in [5.41, 5.74) is 3.63. The molecule has 0 fully saturated rings. The smallest absolute Gasteiger partial charge is 0.161 e. The van der Waals surface area contributed by atoms with E-state index in [0.29, 0.717) is 13.2 Å². The highest BCUT2D eigenvalue weighted by molar-refractivity contribution is 7.13.